The largest absolute Gasteiger partial charge is 0.489 e. The maximum Gasteiger partial charge on any atom is 0.261 e. The minimum atomic E-state index is -3.63. The summed E-state index contributed by atoms with van der Waals surface area (Å²) in [6.07, 6.45) is 6.31. The van der Waals surface area contributed by atoms with E-state index in [2.05, 4.69) is 9.62 Å². The minimum Gasteiger partial charge on any atom is -0.489 e. The maximum absolute atomic E-state index is 12.6. The predicted octanol–water partition coefficient (Wildman–Crippen LogP) is 3.42. The fraction of sp³-hybridized carbons (Fsp3) is 0.478. The zero-order chi connectivity index (χ0) is 21.0. The number of fused-ring (bicyclic) bond motifs is 1. The van der Waals surface area contributed by atoms with Crippen molar-refractivity contribution in [2.24, 2.45) is 0 Å². The van der Waals surface area contributed by atoms with Gasteiger partial charge in [0.2, 0.25) is 0 Å². The molecule has 2 atom stereocenters. The summed E-state index contributed by atoms with van der Waals surface area (Å²) in [6, 6.07) is 14.3. The Bertz CT molecular complexity index is 947. The average molecular weight is 431 g/mol. The van der Waals surface area contributed by atoms with E-state index in [-0.39, 0.29) is 17.6 Å². The smallest absolute Gasteiger partial charge is 0.261 e. The van der Waals surface area contributed by atoms with Crippen molar-refractivity contribution >= 4 is 15.7 Å². The number of nitrogens with one attached hydrogen (secondary N) is 1. The van der Waals surface area contributed by atoms with Gasteiger partial charge >= 0.3 is 0 Å². The number of benzene rings is 2. The Labute approximate surface area is 178 Å². The van der Waals surface area contributed by atoms with E-state index >= 15 is 0 Å². The number of anilines is 1. The van der Waals surface area contributed by atoms with E-state index in [1.165, 1.54) is 12.8 Å². The summed E-state index contributed by atoms with van der Waals surface area (Å²) in [5.74, 6) is 0.759. The van der Waals surface area contributed by atoms with Gasteiger partial charge in [-0.15, -0.1) is 0 Å². The van der Waals surface area contributed by atoms with Gasteiger partial charge in [-0.3, -0.25) is 9.62 Å². The van der Waals surface area contributed by atoms with Gasteiger partial charge in [0.25, 0.3) is 10.0 Å². The van der Waals surface area contributed by atoms with Gasteiger partial charge in [0, 0.05) is 25.3 Å². The van der Waals surface area contributed by atoms with Crippen molar-refractivity contribution in [1.29, 1.82) is 0 Å². The zero-order valence-corrected chi connectivity index (χ0v) is 18.0. The first-order valence-electron chi connectivity index (χ1n) is 10.8. The third kappa shape index (κ3) is 4.96. The Kier molecular flexibility index (Phi) is 6.61. The molecule has 2 N–H and O–H groups in total. The van der Waals surface area contributed by atoms with E-state index in [1.807, 2.05) is 6.07 Å². The van der Waals surface area contributed by atoms with Crippen LogP contribution in [0.2, 0.25) is 0 Å². The Morgan fingerprint density at radius 1 is 1.10 bits per heavy atom. The van der Waals surface area contributed by atoms with Crippen LogP contribution < -0.4 is 9.46 Å². The molecule has 2 aromatic carbocycles. The predicted molar refractivity (Wildman–Crippen MR) is 117 cm³/mol. The first kappa shape index (κ1) is 21.2. The van der Waals surface area contributed by atoms with Crippen molar-refractivity contribution < 1.29 is 18.3 Å². The first-order valence-corrected chi connectivity index (χ1v) is 12.3. The molecule has 7 heteroatoms. The second-order valence-electron chi connectivity index (χ2n) is 8.18. The van der Waals surface area contributed by atoms with Crippen molar-refractivity contribution in [2.75, 3.05) is 24.4 Å². The highest BCUT2D eigenvalue weighted by Crippen LogP contribution is 2.32. The number of aliphatic hydroxyl groups excluding tert-OH is 1. The quantitative estimate of drug-likeness (QED) is 0.704. The monoisotopic (exact) mass is 430 g/mol. The number of hydrogen-bond acceptors (Lipinski definition) is 5. The van der Waals surface area contributed by atoms with Crippen LogP contribution in [0.1, 0.15) is 37.7 Å². The fourth-order valence-electron chi connectivity index (χ4n) is 4.47. The summed E-state index contributed by atoms with van der Waals surface area (Å²) in [4.78, 5) is 2.69. The molecule has 2 aromatic rings. The lowest BCUT2D eigenvalue weighted by Crippen LogP contribution is -2.46. The average Bonchev–Trinajstić information content (AvgIpc) is 2.75. The molecule has 2 aliphatic heterocycles. The second kappa shape index (κ2) is 9.37. The molecule has 2 unspecified atom stereocenters. The molecule has 0 bridgehead atoms. The van der Waals surface area contributed by atoms with E-state index in [4.69, 9.17) is 4.74 Å². The molecule has 0 saturated carbocycles. The van der Waals surface area contributed by atoms with Crippen LogP contribution in [-0.4, -0.2) is 50.3 Å². The third-order valence-electron chi connectivity index (χ3n) is 6.05. The normalized spacial score (nSPS) is 22.2. The number of nitrogens with zero attached hydrogens (tertiary/aromatic N) is 1. The lowest BCUT2D eigenvalue weighted by molar-refractivity contribution is 0.0591. The third-order valence-corrected chi connectivity index (χ3v) is 7.45. The van der Waals surface area contributed by atoms with Crippen LogP contribution in [0.4, 0.5) is 5.69 Å². The Hall–Kier alpha value is -2.09. The molecule has 1 fully saturated rings. The summed E-state index contributed by atoms with van der Waals surface area (Å²) in [5.41, 5.74) is 1.62. The van der Waals surface area contributed by atoms with Gasteiger partial charge in [0.05, 0.1) is 10.6 Å². The van der Waals surface area contributed by atoms with Gasteiger partial charge in [0.1, 0.15) is 11.9 Å². The SMILES string of the molecule is O=S(=O)(Nc1ccc2c(c1)OC(CN1CCCCC1CCO)CC2)c1ccccc1. The fourth-order valence-corrected chi connectivity index (χ4v) is 5.54. The van der Waals surface area contributed by atoms with Gasteiger partial charge < -0.3 is 9.84 Å². The minimum absolute atomic E-state index is 0.0813. The van der Waals surface area contributed by atoms with Crippen molar-refractivity contribution in [1.82, 2.24) is 4.90 Å². The van der Waals surface area contributed by atoms with Crippen LogP contribution in [0.3, 0.4) is 0 Å². The van der Waals surface area contributed by atoms with Crippen molar-refractivity contribution in [3.05, 3.63) is 54.1 Å². The molecular weight excluding hydrogens is 400 g/mol. The Morgan fingerprint density at radius 2 is 1.93 bits per heavy atom. The standard InChI is InChI=1S/C23H30N2O4S/c26-15-13-20-6-4-5-14-25(20)17-21-12-10-18-9-11-19(16-23(18)29-21)24-30(27,28)22-7-2-1-3-8-22/h1-3,7-9,11,16,20-21,24,26H,4-6,10,12-15,17H2. The van der Waals surface area contributed by atoms with Crippen LogP contribution in [0, 0.1) is 0 Å². The van der Waals surface area contributed by atoms with E-state index in [1.54, 1.807) is 42.5 Å². The van der Waals surface area contributed by atoms with Crippen molar-refractivity contribution in [2.45, 2.75) is 55.6 Å². The van der Waals surface area contributed by atoms with Gasteiger partial charge in [-0.05, 0) is 62.4 Å². The molecule has 30 heavy (non-hydrogen) atoms. The van der Waals surface area contributed by atoms with Crippen molar-refractivity contribution in [3.63, 3.8) is 0 Å². The molecule has 2 heterocycles. The van der Waals surface area contributed by atoms with Gasteiger partial charge in [-0.2, -0.15) is 0 Å². The van der Waals surface area contributed by atoms with Crippen molar-refractivity contribution in [3.8, 4) is 5.75 Å². The highest BCUT2D eigenvalue weighted by molar-refractivity contribution is 7.92. The molecule has 162 valence electrons. The van der Waals surface area contributed by atoms with Gasteiger partial charge in [-0.1, -0.05) is 30.7 Å². The molecule has 0 amide bonds. The summed E-state index contributed by atoms with van der Waals surface area (Å²) < 4.78 is 34.2. The summed E-state index contributed by atoms with van der Waals surface area (Å²) >= 11 is 0. The highest BCUT2D eigenvalue weighted by atomic mass is 32.2. The van der Waals surface area contributed by atoms with E-state index < -0.39 is 10.0 Å². The Morgan fingerprint density at radius 3 is 2.73 bits per heavy atom. The molecule has 0 spiro atoms. The molecule has 2 aliphatic rings. The van der Waals surface area contributed by atoms with Crippen LogP contribution >= 0.6 is 0 Å². The van der Waals surface area contributed by atoms with Crippen LogP contribution in [-0.2, 0) is 16.4 Å². The Balaban J connectivity index is 1.44. The van der Waals surface area contributed by atoms with E-state index in [9.17, 15) is 13.5 Å². The number of aryl methyl sites for hydroxylation is 1. The molecular formula is C23H30N2O4S. The molecule has 0 aliphatic carbocycles. The molecule has 1 saturated heterocycles. The lowest BCUT2D eigenvalue weighted by atomic mass is 9.97. The maximum atomic E-state index is 12.6. The van der Waals surface area contributed by atoms with Crippen LogP contribution in [0.5, 0.6) is 5.75 Å². The molecule has 0 aromatic heterocycles. The lowest BCUT2D eigenvalue weighted by Gasteiger charge is -2.38. The van der Waals surface area contributed by atoms with Crippen LogP contribution in [0.15, 0.2) is 53.4 Å². The molecule has 4 rings (SSSR count). The number of rotatable bonds is 7. The number of likely N-dealkylation sites (tertiary alicyclic amines) is 1. The molecule has 6 nitrogen and oxygen atoms in total. The van der Waals surface area contributed by atoms with Gasteiger partial charge in [-0.25, -0.2) is 8.42 Å². The van der Waals surface area contributed by atoms with E-state index in [0.717, 1.165) is 50.1 Å². The van der Waals surface area contributed by atoms with Crippen LogP contribution in [0.25, 0.3) is 0 Å². The number of ether oxygens (including phenoxy) is 1. The highest BCUT2D eigenvalue weighted by Gasteiger charge is 2.28. The number of aliphatic hydroxyl groups is 1. The zero-order valence-electron chi connectivity index (χ0n) is 17.2. The number of hydrogen-bond donors (Lipinski definition) is 2. The number of piperidine rings is 1. The van der Waals surface area contributed by atoms with E-state index in [0.29, 0.717) is 11.7 Å². The summed E-state index contributed by atoms with van der Waals surface area (Å²) in [5, 5.41) is 9.36. The summed E-state index contributed by atoms with van der Waals surface area (Å²) in [7, 11) is -3.63. The number of sulfonamides is 1. The first-order chi connectivity index (χ1) is 14.5. The topological polar surface area (TPSA) is 78.9 Å². The molecule has 0 radical (unpaired) electrons. The second-order valence-corrected chi connectivity index (χ2v) is 9.86. The van der Waals surface area contributed by atoms with Gasteiger partial charge in [0.15, 0.2) is 0 Å². The summed E-state index contributed by atoms with van der Waals surface area (Å²) in [6.45, 7) is 2.12.